The standard InChI is InChI=1S/C14H13FN2O/c15-11-2-1-10-4-6-17(14(10)7-11)13-3-5-16-12(8-13)9-18/h1-3,5,7-8,18H,4,6,9H2. The quantitative estimate of drug-likeness (QED) is 0.881. The second kappa shape index (κ2) is 4.38. The highest BCUT2D eigenvalue weighted by Gasteiger charge is 2.21. The highest BCUT2D eigenvalue weighted by Crippen LogP contribution is 2.34. The van der Waals surface area contributed by atoms with Gasteiger partial charge in [0.15, 0.2) is 0 Å². The molecule has 0 bridgehead atoms. The van der Waals surface area contributed by atoms with Gasteiger partial charge in [0.25, 0.3) is 0 Å². The smallest absolute Gasteiger partial charge is 0.125 e. The monoisotopic (exact) mass is 244 g/mol. The Balaban J connectivity index is 2.02. The molecular weight excluding hydrogens is 231 g/mol. The number of anilines is 2. The van der Waals surface area contributed by atoms with Crippen LogP contribution < -0.4 is 4.90 Å². The molecule has 0 spiro atoms. The first-order chi connectivity index (χ1) is 8.78. The lowest BCUT2D eigenvalue weighted by Crippen LogP contribution is -2.13. The van der Waals surface area contributed by atoms with Crippen LogP contribution in [0.3, 0.4) is 0 Å². The van der Waals surface area contributed by atoms with E-state index < -0.39 is 0 Å². The number of benzene rings is 1. The second-order valence-corrected chi connectivity index (χ2v) is 4.34. The van der Waals surface area contributed by atoms with E-state index in [1.54, 1.807) is 12.3 Å². The lowest BCUT2D eigenvalue weighted by Gasteiger charge is -2.19. The van der Waals surface area contributed by atoms with Crippen LogP contribution in [0.25, 0.3) is 0 Å². The molecule has 1 aliphatic rings. The molecule has 0 unspecified atom stereocenters. The van der Waals surface area contributed by atoms with Crippen LogP contribution >= 0.6 is 0 Å². The lowest BCUT2D eigenvalue weighted by molar-refractivity contribution is 0.277. The molecule has 2 heterocycles. The van der Waals surface area contributed by atoms with Gasteiger partial charge < -0.3 is 10.0 Å². The molecular formula is C14H13FN2O. The normalized spacial score (nSPS) is 13.8. The SMILES string of the molecule is OCc1cc(N2CCc3ccc(F)cc32)ccn1. The first-order valence-corrected chi connectivity index (χ1v) is 5.89. The third kappa shape index (κ3) is 1.84. The van der Waals surface area contributed by atoms with Crippen molar-refractivity contribution >= 4 is 11.4 Å². The molecule has 92 valence electrons. The van der Waals surface area contributed by atoms with Gasteiger partial charge in [-0.1, -0.05) is 6.07 Å². The number of aliphatic hydroxyl groups excluding tert-OH is 1. The average molecular weight is 244 g/mol. The van der Waals surface area contributed by atoms with Gasteiger partial charge in [0.1, 0.15) is 5.82 Å². The van der Waals surface area contributed by atoms with Crippen LogP contribution in [0.2, 0.25) is 0 Å². The van der Waals surface area contributed by atoms with E-state index in [-0.39, 0.29) is 12.4 Å². The maximum Gasteiger partial charge on any atom is 0.125 e. The molecule has 0 amide bonds. The number of aromatic nitrogens is 1. The highest BCUT2D eigenvalue weighted by atomic mass is 19.1. The zero-order valence-corrected chi connectivity index (χ0v) is 9.81. The van der Waals surface area contributed by atoms with Crippen molar-refractivity contribution in [3.05, 3.63) is 53.6 Å². The summed E-state index contributed by atoms with van der Waals surface area (Å²) in [5.74, 6) is -0.225. The zero-order valence-electron chi connectivity index (χ0n) is 9.81. The Kier molecular flexibility index (Phi) is 2.72. The fourth-order valence-electron chi connectivity index (χ4n) is 2.34. The third-order valence-corrected chi connectivity index (χ3v) is 3.22. The lowest BCUT2D eigenvalue weighted by atomic mass is 10.1. The summed E-state index contributed by atoms with van der Waals surface area (Å²) >= 11 is 0. The minimum atomic E-state index is -0.225. The van der Waals surface area contributed by atoms with E-state index in [4.69, 9.17) is 5.11 Å². The Labute approximate surface area is 105 Å². The Morgan fingerprint density at radius 2 is 2.17 bits per heavy atom. The van der Waals surface area contributed by atoms with E-state index in [0.717, 1.165) is 29.9 Å². The molecule has 0 atom stereocenters. The van der Waals surface area contributed by atoms with Crippen LogP contribution in [0.4, 0.5) is 15.8 Å². The van der Waals surface area contributed by atoms with Gasteiger partial charge in [0, 0.05) is 24.1 Å². The summed E-state index contributed by atoms with van der Waals surface area (Å²) in [6, 6.07) is 8.59. The van der Waals surface area contributed by atoms with E-state index in [1.165, 1.54) is 6.07 Å². The number of fused-ring (bicyclic) bond motifs is 1. The van der Waals surface area contributed by atoms with Crippen molar-refractivity contribution in [1.29, 1.82) is 0 Å². The molecule has 0 saturated carbocycles. The molecule has 3 rings (SSSR count). The number of hydrogen-bond acceptors (Lipinski definition) is 3. The Morgan fingerprint density at radius 1 is 1.28 bits per heavy atom. The van der Waals surface area contributed by atoms with Crippen LogP contribution in [-0.4, -0.2) is 16.6 Å². The summed E-state index contributed by atoms with van der Waals surface area (Å²) in [7, 11) is 0. The second-order valence-electron chi connectivity index (χ2n) is 4.34. The van der Waals surface area contributed by atoms with Crippen molar-refractivity contribution in [2.45, 2.75) is 13.0 Å². The molecule has 0 radical (unpaired) electrons. The van der Waals surface area contributed by atoms with E-state index in [1.807, 2.05) is 18.2 Å². The average Bonchev–Trinajstić information content (AvgIpc) is 2.81. The van der Waals surface area contributed by atoms with E-state index >= 15 is 0 Å². The molecule has 3 nitrogen and oxygen atoms in total. The summed E-state index contributed by atoms with van der Waals surface area (Å²) in [5, 5.41) is 9.10. The van der Waals surface area contributed by atoms with Crippen molar-refractivity contribution < 1.29 is 9.50 Å². The van der Waals surface area contributed by atoms with Crippen molar-refractivity contribution in [3.63, 3.8) is 0 Å². The van der Waals surface area contributed by atoms with Gasteiger partial charge in [-0.15, -0.1) is 0 Å². The van der Waals surface area contributed by atoms with Gasteiger partial charge in [0.05, 0.1) is 12.3 Å². The highest BCUT2D eigenvalue weighted by molar-refractivity contribution is 5.69. The summed E-state index contributed by atoms with van der Waals surface area (Å²) < 4.78 is 13.3. The van der Waals surface area contributed by atoms with Gasteiger partial charge in [-0.3, -0.25) is 4.98 Å². The van der Waals surface area contributed by atoms with Gasteiger partial charge in [-0.2, -0.15) is 0 Å². The molecule has 1 N–H and O–H groups in total. The van der Waals surface area contributed by atoms with Crippen molar-refractivity contribution in [1.82, 2.24) is 4.98 Å². The van der Waals surface area contributed by atoms with E-state index in [2.05, 4.69) is 9.88 Å². The maximum absolute atomic E-state index is 13.3. The summed E-state index contributed by atoms with van der Waals surface area (Å²) in [5.41, 5.74) is 3.62. The molecule has 1 aromatic heterocycles. The number of rotatable bonds is 2. The number of hydrogen-bond donors (Lipinski definition) is 1. The van der Waals surface area contributed by atoms with Crippen molar-refractivity contribution in [2.24, 2.45) is 0 Å². The fraction of sp³-hybridized carbons (Fsp3) is 0.214. The first-order valence-electron chi connectivity index (χ1n) is 5.89. The first kappa shape index (κ1) is 11.2. The topological polar surface area (TPSA) is 36.4 Å². The van der Waals surface area contributed by atoms with Gasteiger partial charge in [-0.25, -0.2) is 4.39 Å². The Morgan fingerprint density at radius 3 is 3.00 bits per heavy atom. The molecule has 1 aromatic carbocycles. The van der Waals surface area contributed by atoms with Crippen LogP contribution in [0.15, 0.2) is 36.5 Å². The zero-order chi connectivity index (χ0) is 12.5. The van der Waals surface area contributed by atoms with Crippen molar-refractivity contribution in [3.8, 4) is 0 Å². The fourth-order valence-corrected chi connectivity index (χ4v) is 2.34. The summed E-state index contributed by atoms with van der Waals surface area (Å²) in [6.07, 6.45) is 2.57. The molecule has 1 aliphatic heterocycles. The summed E-state index contributed by atoms with van der Waals surface area (Å²) in [6.45, 7) is 0.741. The van der Waals surface area contributed by atoms with Gasteiger partial charge in [0.2, 0.25) is 0 Å². The van der Waals surface area contributed by atoms with Gasteiger partial charge in [-0.05, 0) is 36.2 Å². The predicted octanol–water partition coefficient (Wildman–Crippen LogP) is 2.41. The van der Waals surface area contributed by atoms with E-state index in [0.29, 0.717) is 5.69 Å². The largest absolute Gasteiger partial charge is 0.390 e. The molecule has 4 heteroatoms. The van der Waals surface area contributed by atoms with Crippen LogP contribution in [-0.2, 0) is 13.0 Å². The molecule has 0 saturated heterocycles. The molecule has 0 aliphatic carbocycles. The number of nitrogens with zero attached hydrogens (tertiary/aromatic N) is 2. The number of aliphatic hydroxyl groups is 1. The molecule has 0 fully saturated rings. The third-order valence-electron chi connectivity index (χ3n) is 3.22. The number of pyridine rings is 1. The maximum atomic E-state index is 13.3. The molecule has 18 heavy (non-hydrogen) atoms. The van der Waals surface area contributed by atoms with E-state index in [9.17, 15) is 4.39 Å². The van der Waals surface area contributed by atoms with Crippen LogP contribution in [0.1, 0.15) is 11.3 Å². The predicted molar refractivity (Wildman–Crippen MR) is 67.3 cm³/mol. The summed E-state index contributed by atoms with van der Waals surface area (Å²) in [4.78, 5) is 6.11. The minimum absolute atomic E-state index is 0.0856. The Bertz CT molecular complexity index is 586. The van der Waals surface area contributed by atoms with Crippen molar-refractivity contribution in [2.75, 3.05) is 11.4 Å². The van der Waals surface area contributed by atoms with Crippen LogP contribution in [0, 0.1) is 5.82 Å². The molecule has 2 aromatic rings. The van der Waals surface area contributed by atoms with Crippen LogP contribution in [0.5, 0.6) is 0 Å². The number of halogens is 1. The Hall–Kier alpha value is -1.94. The van der Waals surface area contributed by atoms with Gasteiger partial charge >= 0.3 is 0 Å². The minimum Gasteiger partial charge on any atom is -0.390 e.